The Bertz CT molecular complexity index is 925. The maximum atomic E-state index is 12.4. The highest BCUT2D eigenvalue weighted by molar-refractivity contribution is 5.87. The fourth-order valence-electron chi connectivity index (χ4n) is 2.67. The molecule has 5 N–H and O–H groups in total. The molecule has 1 aromatic carbocycles. The van der Waals surface area contributed by atoms with E-state index in [1.165, 1.54) is 0 Å². The molecule has 1 atom stereocenters. The quantitative estimate of drug-likeness (QED) is 0.427. The summed E-state index contributed by atoms with van der Waals surface area (Å²) >= 11 is 0. The Labute approximate surface area is 148 Å². The highest BCUT2D eigenvalue weighted by Gasteiger charge is 2.21. The Morgan fingerprint density at radius 3 is 2.88 bits per heavy atom. The largest absolute Gasteiger partial charge is 0.465 e. The number of amides is 2. The van der Waals surface area contributed by atoms with Gasteiger partial charge in [-0.05, 0) is 36.2 Å². The van der Waals surface area contributed by atoms with Gasteiger partial charge in [-0.25, -0.2) is 9.78 Å². The summed E-state index contributed by atoms with van der Waals surface area (Å²) in [4.78, 5) is 27.5. The number of aryl methyl sites for hydroxylation is 1. The number of nitrogens with zero attached hydrogens (tertiary/aromatic N) is 2. The van der Waals surface area contributed by atoms with Crippen LogP contribution in [0.4, 0.5) is 10.6 Å². The van der Waals surface area contributed by atoms with Crippen molar-refractivity contribution >= 4 is 28.7 Å². The number of H-pyrrole nitrogens is 1. The lowest BCUT2D eigenvalue weighted by Gasteiger charge is -2.18. The second kappa shape index (κ2) is 7.51. The van der Waals surface area contributed by atoms with E-state index in [-0.39, 0.29) is 6.42 Å². The number of hydrazine groups is 1. The van der Waals surface area contributed by atoms with E-state index in [0.717, 1.165) is 22.0 Å². The van der Waals surface area contributed by atoms with E-state index in [2.05, 4.69) is 31.3 Å². The van der Waals surface area contributed by atoms with Crippen LogP contribution in [0.25, 0.3) is 10.9 Å². The third kappa shape index (κ3) is 4.07. The van der Waals surface area contributed by atoms with Crippen molar-refractivity contribution in [2.24, 2.45) is 0 Å². The van der Waals surface area contributed by atoms with Crippen LogP contribution in [0.5, 0.6) is 0 Å². The van der Waals surface area contributed by atoms with Crippen molar-refractivity contribution in [3.63, 3.8) is 0 Å². The number of pyridine rings is 1. The Balaban J connectivity index is 1.73. The molecule has 2 aromatic heterocycles. The summed E-state index contributed by atoms with van der Waals surface area (Å²) in [7, 11) is 0. The number of hydrogen-bond acceptors (Lipinski definition) is 5. The molecule has 0 bridgehead atoms. The van der Waals surface area contributed by atoms with Crippen LogP contribution in [0.1, 0.15) is 11.1 Å². The lowest BCUT2D eigenvalue weighted by atomic mass is 10.0. The number of carbonyl (C=O) groups excluding carboxylic acids is 1. The molecule has 0 radical (unpaired) electrons. The van der Waals surface area contributed by atoms with Crippen molar-refractivity contribution in [1.82, 2.24) is 25.9 Å². The molecule has 0 spiro atoms. The number of aromatic amines is 1. The van der Waals surface area contributed by atoms with E-state index in [1.807, 2.05) is 19.1 Å². The van der Waals surface area contributed by atoms with Gasteiger partial charge in [-0.15, -0.1) is 0 Å². The molecule has 2 heterocycles. The van der Waals surface area contributed by atoms with Crippen molar-refractivity contribution in [2.45, 2.75) is 19.4 Å². The summed E-state index contributed by atoms with van der Waals surface area (Å²) in [5.41, 5.74) is 7.84. The third-order valence-corrected chi connectivity index (χ3v) is 3.84. The molecule has 3 rings (SSSR count). The van der Waals surface area contributed by atoms with E-state index < -0.39 is 18.0 Å². The fraction of sp³-hybridized carbons (Fsp3) is 0.176. The predicted molar refractivity (Wildman–Crippen MR) is 95.5 cm³/mol. The summed E-state index contributed by atoms with van der Waals surface area (Å²) in [6.07, 6.45) is 2.19. The van der Waals surface area contributed by atoms with Crippen LogP contribution < -0.4 is 16.2 Å². The number of benzene rings is 1. The van der Waals surface area contributed by atoms with Crippen LogP contribution >= 0.6 is 0 Å². The number of nitrogens with one attached hydrogen (secondary N) is 4. The zero-order chi connectivity index (χ0) is 18.5. The van der Waals surface area contributed by atoms with Gasteiger partial charge in [0.05, 0.1) is 11.7 Å². The second-order valence-corrected chi connectivity index (χ2v) is 5.78. The first-order chi connectivity index (χ1) is 12.5. The zero-order valence-corrected chi connectivity index (χ0v) is 14.0. The molecule has 9 heteroatoms. The van der Waals surface area contributed by atoms with Crippen LogP contribution in [0.2, 0.25) is 0 Å². The smallest absolute Gasteiger partial charge is 0.405 e. The number of carboxylic acid groups (broad SMARTS) is 1. The van der Waals surface area contributed by atoms with Crippen LogP contribution in [0.3, 0.4) is 0 Å². The molecule has 26 heavy (non-hydrogen) atoms. The van der Waals surface area contributed by atoms with Crippen LogP contribution in [-0.4, -0.2) is 38.3 Å². The number of aromatic nitrogens is 3. The first kappa shape index (κ1) is 17.2. The van der Waals surface area contributed by atoms with Gasteiger partial charge in [0.2, 0.25) is 0 Å². The van der Waals surface area contributed by atoms with Crippen molar-refractivity contribution in [3.05, 3.63) is 53.9 Å². The average molecular weight is 354 g/mol. The van der Waals surface area contributed by atoms with Crippen LogP contribution in [-0.2, 0) is 11.2 Å². The summed E-state index contributed by atoms with van der Waals surface area (Å²) in [5, 5.41) is 19.1. The van der Waals surface area contributed by atoms with Gasteiger partial charge in [-0.1, -0.05) is 12.1 Å². The molecule has 0 saturated carbocycles. The Morgan fingerprint density at radius 1 is 1.31 bits per heavy atom. The lowest BCUT2D eigenvalue weighted by molar-refractivity contribution is -0.122. The molecule has 9 nitrogen and oxygen atoms in total. The molecule has 2 amide bonds. The lowest BCUT2D eigenvalue weighted by Crippen LogP contribution is -2.49. The molecule has 0 aliphatic heterocycles. The van der Waals surface area contributed by atoms with E-state index >= 15 is 0 Å². The molecule has 3 aromatic rings. The standard InChI is InChI=1S/C17H18N6O3/c1-10-6-11(7-12-9-19-22-15(10)12)8-13(20-17(25)26)16(24)23-21-14-4-2-3-5-18-14/h2-7,9,13,20H,8H2,1H3,(H,18,21)(H,19,22)(H,23,24)(H,25,26). The Kier molecular flexibility index (Phi) is 4.97. The van der Waals surface area contributed by atoms with E-state index in [9.17, 15) is 9.59 Å². The van der Waals surface area contributed by atoms with Gasteiger partial charge in [0.15, 0.2) is 0 Å². The molecule has 134 valence electrons. The minimum absolute atomic E-state index is 0.198. The van der Waals surface area contributed by atoms with E-state index in [0.29, 0.717) is 5.82 Å². The predicted octanol–water partition coefficient (Wildman–Crippen LogP) is 1.59. The number of rotatable bonds is 6. The summed E-state index contributed by atoms with van der Waals surface area (Å²) in [6.45, 7) is 1.92. The highest BCUT2D eigenvalue weighted by Crippen LogP contribution is 2.19. The monoisotopic (exact) mass is 354 g/mol. The maximum absolute atomic E-state index is 12.4. The first-order valence-electron chi connectivity index (χ1n) is 7.92. The highest BCUT2D eigenvalue weighted by atomic mass is 16.4. The average Bonchev–Trinajstić information content (AvgIpc) is 3.09. The van der Waals surface area contributed by atoms with Crippen molar-refractivity contribution < 1.29 is 14.7 Å². The summed E-state index contributed by atoms with van der Waals surface area (Å²) in [6, 6.07) is 7.99. The normalized spacial score (nSPS) is 11.7. The Morgan fingerprint density at radius 2 is 2.15 bits per heavy atom. The van der Waals surface area contributed by atoms with Crippen molar-refractivity contribution in [1.29, 1.82) is 0 Å². The summed E-state index contributed by atoms with van der Waals surface area (Å²) < 4.78 is 0. The second-order valence-electron chi connectivity index (χ2n) is 5.78. The third-order valence-electron chi connectivity index (χ3n) is 3.84. The number of carbonyl (C=O) groups is 2. The molecular formula is C17H18N6O3. The molecular weight excluding hydrogens is 336 g/mol. The van der Waals surface area contributed by atoms with Crippen molar-refractivity contribution in [2.75, 3.05) is 5.43 Å². The SMILES string of the molecule is Cc1cc(CC(NC(=O)O)C(=O)NNc2ccccn2)cc2cn[nH]c12. The van der Waals surface area contributed by atoms with E-state index in [4.69, 9.17) is 5.11 Å². The maximum Gasteiger partial charge on any atom is 0.405 e. The zero-order valence-electron chi connectivity index (χ0n) is 14.0. The molecule has 1 unspecified atom stereocenters. The fourth-order valence-corrected chi connectivity index (χ4v) is 2.67. The molecule has 0 aliphatic rings. The van der Waals surface area contributed by atoms with Gasteiger partial charge in [-0.2, -0.15) is 5.10 Å². The minimum atomic E-state index is -1.27. The minimum Gasteiger partial charge on any atom is -0.465 e. The number of anilines is 1. The number of hydrogen-bond donors (Lipinski definition) is 5. The first-order valence-corrected chi connectivity index (χ1v) is 7.92. The summed E-state index contributed by atoms with van der Waals surface area (Å²) in [5.74, 6) is -0.0615. The molecule has 0 aliphatic carbocycles. The van der Waals surface area contributed by atoms with Gasteiger partial charge in [0, 0.05) is 18.0 Å². The van der Waals surface area contributed by atoms with Crippen LogP contribution in [0.15, 0.2) is 42.7 Å². The van der Waals surface area contributed by atoms with Gasteiger partial charge < -0.3 is 10.4 Å². The van der Waals surface area contributed by atoms with Gasteiger partial charge >= 0.3 is 6.09 Å². The van der Waals surface area contributed by atoms with E-state index in [1.54, 1.807) is 30.6 Å². The molecule has 0 fully saturated rings. The van der Waals surface area contributed by atoms with Crippen LogP contribution in [0, 0.1) is 6.92 Å². The number of fused-ring (bicyclic) bond motifs is 1. The van der Waals surface area contributed by atoms with Gasteiger partial charge in [-0.3, -0.25) is 20.7 Å². The van der Waals surface area contributed by atoms with Gasteiger partial charge in [0.1, 0.15) is 11.9 Å². The van der Waals surface area contributed by atoms with Crippen molar-refractivity contribution in [3.8, 4) is 0 Å². The topological polar surface area (TPSA) is 132 Å². The molecule has 0 saturated heterocycles. The van der Waals surface area contributed by atoms with Gasteiger partial charge in [0.25, 0.3) is 5.91 Å². The Hall–Kier alpha value is -3.62.